The van der Waals surface area contributed by atoms with Crippen molar-refractivity contribution in [2.45, 2.75) is 13.3 Å². The number of nitro groups is 1. The van der Waals surface area contributed by atoms with Crippen LogP contribution in [0.1, 0.15) is 23.7 Å². The van der Waals surface area contributed by atoms with Gasteiger partial charge in [-0.15, -0.1) is 0 Å². The lowest BCUT2D eigenvalue weighted by Gasteiger charge is -2.19. The fourth-order valence-electron chi connectivity index (χ4n) is 2.19. The lowest BCUT2D eigenvalue weighted by Crippen LogP contribution is -2.21. The average molecular weight is 248 g/mol. The van der Waals surface area contributed by atoms with Gasteiger partial charge in [0.25, 0.3) is 5.69 Å². The van der Waals surface area contributed by atoms with E-state index in [1.165, 1.54) is 12.5 Å². The van der Waals surface area contributed by atoms with Gasteiger partial charge in [0.2, 0.25) is 0 Å². The van der Waals surface area contributed by atoms with Crippen LogP contribution in [0.2, 0.25) is 0 Å². The summed E-state index contributed by atoms with van der Waals surface area (Å²) in [6, 6.07) is 4.59. The molecule has 0 bridgehead atoms. The molecule has 1 aromatic carbocycles. The van der Waals surface area contributed by atoms with Crippen molar-refractivity contribution < 1.29 is 9.72 Å². The summed E-state index contributed by atoms with van der Waals surface area (Å²) in [7, 11) is 1.86. The number of anilines is 1. The highest BCUT2D eigenvalue weighted by Gasteiger charge is 2.34. The van der Waals surface area contributed by atoms with Crippen molar-refractivity contribution >= 4 is 17.7 Å². The van der Waals surface area contributed by atoms with Gasteiger partial charge in [0.05, 0.1) is 4.92 Å². The van der Waals surface area contributed by atoms with E-state index in [1.807, 2.05) is 11.9 Å². The van der Waals surface area contributed by atoms with E-state index in [0.29, 0.717) is 29.4 Å². The van der Waals surface area contributed by atoms with Crippen molar-refractivity contribution in [2.24, 2.45) is 11.8 Å². The van der Waals surface area contributed by atoms with Crippen molar-refractivity contribution in [1.82, 2.24) is 0 Å². The molecule has 5 heteroatoms. The summed E-state index contributed by atoms with van der Waals surface area (Å²) in [5, 5.41) is 11.0. The van der Waals surface area contributed by atoms with E-state index in [4.69, 9.17) is 0 Å². The molecule has 1 fully saturated rings. The first kappa shape index (κ1) is 12.5. The van der Waals surface area contributed by atoms with Crippen LogP contribution in [0.15, 0.2) is 18.2 Å². The summed E-state index contributed by atoms with van der Waals surface area (Å²) in [6.45, 7) is 3.00. The van der Waals surface area contributed by atoms with E-state index in [-0.39, 0.29) is 5.69 Å². The number of hydrogen-bond acceptors (Lipinski definition) is 4. The Kier molecular flexibility index (Phi) is 3.32. The summed E-state index contributed by atoms with van der Waals surface area (Å²) in [4.78, 5) is 23.1. The summed E-state index contributed by atoms with van der Waals surface area (Å²) in [5.41, 5.74) is 0.902. The highest BCUT2D eigenvalue weighted by molar-refractivity contribution is 5.79. The van der Waals surface area contributed by atoms with Crippen LogP contribution in [-0.2, 0) is 0 Å². The number of nitrogens with zero attached hydrogens (tertiary/aromatic N) is 2. The number of carbonyl (C=O) groups is 1. The van der Waals surface area contributed by atoms with E-state index in [0.717, 1.165) is 6.54 Å². The number of rotatable bonds is 5. The zero-order valence-electron chi connectivity index (χ0n) is 10.5. The Morgan fingerprint density at radius 1 is 1.56 bits per heavy atom. The van der Waals surface area contributed by atoms with Crippen LogP contribution in [0.3, 0.4) is 0 Å². The Hall–Kier alpha value is -1.91. The molecule has 1 aromatic rings. The SMILES string of the molecule is CC1CC1CN(C)c1ccc(C=O)cc1[N+](=O)[O-]. The predicted molar refractivity (Wildman–Crippen MR) is 69.0 cm³/mol. The lowest BCUT2D eigenvalue weighted by atomic mass is 10.1. The Morgan fingerprint density at radius 2 is 2.22 bits per heavy atom. The fourth-order valence-corrected chi connectivity index (χ4v) is 2.19. The van der Waals surface area contributed by atoms with Gasteiger partial charge < -0.3 is 4.90 Å². The monoisotopic (exact) mass is 248 g/mol. The maximum absolute atomic E-state index is 11.0. The lowest BCUT2D eigenvalue weighted by molar-refractivity contribution is -0.384. The van der Waals surface area contributed by atoms with Crippen LogP contribution < -0.4 is 4.90 Å². The van der Waals surface area contributed by atoms with Gasteiger partial charge >= 0.3 is 0 Å². The zero-order chi connectivity index (χ0) is 13.3. The molecule has 2 rings (SSSR count). The molecule has 2 atom stereocenters. The minimum atomic E-state index is -0.435. The highest BCUT2D eigenvalue weighted by atomic mass is 16.6. The van der Waals surface area contributed by atoms with E-state index in [1.54, 1.807) is 12.1 Å². The van der Waals surface area contributed by atoms with Gasteiger partial charge in [-0.3, -0.25) is 14.9 Å². The standard InChI is InChI=1S/C13H16N2O3/c1-9-5-11(9)7-14(2)12-4-3-10(8-16)6-13(12)15(17)18/h3-4,6,8-9,11H,5,7H2,1-2H3. The largest absolute Gasteiger partial charge is 0.369 e. The molecule has 18 heavy (non-hydrogen) atoms. The first-order valence-corrected chi connectivity index (χ1v) is 5.97. The molecule has 1 saturated carbocycles. The quantitative estimate of drug-likeness (QED) is 0.456. The predicted octanol–water partition coefficient (Wildman–Crippen LogP) is 2.50. The molecule has 0 radical (unpaired) electrons. The van der Waals surface area contributed by atoms with Gasteiger partial charge in [-0.2, -0.15) is 0 Å². The molecule has 0 spiro atoms. The number of benzene rings is 1. The molecule has 96 valence electrons. The molecule has 2 unspecified atom stereocenters. The molecule has 5 nitrogen and oxygen atoms in total. The fraction of sp³-hybridized carbons (Fsp3) is 0.462. The third kappa shape index (κ3) is 2.50. The third-order valence-corrected chi connectivity index (χ3v) is 3.53. The topological polar surface area (TPSA) is 63.5 Å². The van der Waals surface area contributed by atoms with Gasteiger partial charge in [0.1, 0.15) is 12.0 Å². The molecule has 0 aromatic heterocycles. The molecule has 0 heterocycles. The van der Waals surface area contributed by atoms with E-state index < -0.39 is 4.92 Å². The number of hydrogen-bond donors (Lipinski definition) is 0. The molecule has 1 aliphatic rings. The van der Waals surface area contributed by atoms with Gasteiger partial charge in [-0.1, -0.05) is 6.92 Å². The number of nitro benzene ring substituents is 1. The number of aldehydes is 1. The second kappa shape index (κ2) is 4.76. The van der Waals surface area contributed by atoms with Gasteiger partial charge in [-0.05, 0) is 30.4 Å². The first-order chi connectivity index (χ1) is 8.52. The van der Waals surface area contributed by atoms with Crippen molar-refractivity contribution in [3.8, 4) is 0 Å². The molecule has 0 amide bonds. The van der Waals surface area contributed by atoms with Crippen LogP contribution in [-0.4, -0.2) is 24.8 Å². The highest BCUT2D eigenvalue weighted by Crippen LogP contribution is 2.39. The van der Waals surface area contributed by atoms with Crippen LogP contribution in [0.5, 0.6) is 0 Å². The minimum absolute atomic E-state index is 0.00426. The zero-order valence-corrected chi connectivity index (χ0v) is 10.5. The van der Waals surface area contributed by atoms with E-state index >= 15 is 0 Å². The van der Waals surface area contributed by atoms with Gasteiger partial charge in [-0.25, -0.2) is 0 Å². The second-order valence-corrected chi connectivity index (χ2v) is 4.98. The first-order valence-electron chi connectivity index (χ1n) is 5.97. The maximum atomic E-state index is 11.0. The smallest absolute Gasteiger partial charge is 0.293 e. The molecular weight excluding hydrogens is 232 g/mol. The van der Waals surface area contributed by atoms with E-state index in [2.05, 4.69) is 6.92 Å². The summed E-state index contributed by atoms with van der Waals surface area (Å²) in [5.74, 6) is 1.33. The van der Waals surface area contributed by atoms with E-state index in [9.17, 15) is 14.9 Å². The minimum Gasteiger partial charge on any atom is -0.369 e. The molecule has 1 aliphatic carbocycles. The number of carbonyl (C=O) groups excluding carboxylic acids is 1. The van der Waals surface area contributed by atoms with Gasteiger partial charge in [0, 0.05) is 25.2 Å². The molecular formula is C13H16N2O3. The summed E-state index contributed by atoms with van der Waals surface area (Å²) < 4.78 is 0. The Bertz CT molecular complexity index is 487. The van der Waals surface area contributed by atoms with Crippen molar-refractivity contribution in [3.63, 3.8) is 0 Å². The van der Waals surface area contributed by atoms with Gasteiger partial charge in [0.15, 0.2) is 0 Å². The molecule has 0 aliphatic heterocycles. The van der Waals surface area contributed by atoms with Crippen LogP contribution in [0.4, 0.5) is 11.4 Å². The normalized spacial score (nSPS) is 21.4. The Balaban J connectivity index is 2.25. The maximum Gasteiger partial charge on any atom is 0.293 e. The summed E-state index contributed by atoms with van der Waals surface area (Å²) in [6.07, 6.45) is 1.81. The second-order valence-electron chi connectivity index (χ2n) is 4.98. The Morgan fingerprint density at radius 3 is 2.72 bits per heavy atom. The average Bonchev–Trinajstić information content (AvgIpc) is 3.03. The van der Waals surface area contributed by atoms with Crippen molar-refractivity contribution in [2.75, 3.05) is 18.5 Å². The molecule has 0 N–H and O–H groups in total. The van der Waals surface area contributed by atoms with Crippen LogP contribution in [0.25, 0.3) is 0 Å². The molecule has 0 saturated heterocycles. The Labute approximate surface area is 106 Å². The van der Waals surface area contributed by atoms with Crippen molar-refractivity contribution in [3.05, 3.63) is 33.9 Å². The third-order valence-electron chi connectivity index (χ3n) is 3.53. The summed E-state index contributed by atoms with van der Waals surface area (Å²) >= 11 is 0. The van der Waals surface area contributed by atoms with Crippen LogP contribution >= 0.6 is 0 Å². The van der Waals surface area contributed by atoms with Crippen molar-refractivity contribution in [1.29, 1.82) is 0 Å². The van der Waals surface area contributed by atoms with Crippen LogP contribution in [0, 0.1) is 22.0 Å².